The summed E-state index contributed by atoms with van der Waals surface area (Å²) < 4.78 is 15.9. The molecule has 1 N–H and O–H groups in total. The van der Waals surface area contributed by atoms with Crippen molar-refractivity contribution in [3.05, 3.63) is 23.3 Å². The first-order valence-electron chi connectivity index (χ1n) is 8.96. The lowest BCUT2D eigenvalue weighted by molar-refractivity contribution is -0.117. The number of carbonyl (C=O) groups excluding carboxylic acids is 1. The minimum absolute atomic E-state index is 0.0205. The van der Waals surface area contributed by atoms with Gasteiger partial charge in [-0.3, -0.25) is 4.79 Å². The van der Waals surface area contributed by atoms with E-state index in [9.17, 15) is 10.1 Å². The van der Waals surface area contributed by atoms with Crippen molar-refractivity contribution < 1.29 is 19.0 Å². The van der Waals surface area contributed by atoms with E-state index in [4.69, 9.17) is 14.2 Å². The number of nitrogens with one attached hydrogen (secondary N) is 1. The topological polar surface area (TPSA) is 83.8 Å². The molecule has 7 heteroatoms. The zero-order chi connectivity index (χ0) is 20.2. The molecule has 0 unspecified atom stereocenters. The van der Waals surface area contributed by atoms with Gasteiger partial charge in [0, 0.05) is 6.54 Å². The zero-order valence-corrected chi connectivity index (χ0v) is 16.8. The first-order chi connectivity index (χ1) is 13.0. The van der Waals surface area contributed by atoms with Crippen molar-refractivity contribution >= 4 is 12.0 Å². The summed E-state index contributed by atoms with van der Waals surface area (Å²) in [6.07, 6.45) is 2.33. The van der Waals surface area contributed by atoms with Gasteiger partial charge in [0.2, 0.25) is 5.75 Å². The quantitative estimate of drug-likeness (QED) is 0.363. The Morgan fingerprint density at radius 3 is 2.19 bits per heavy atom. The summed E-state index contributed by atoms with van der Waals surface area (Å²) in [4.78, 5) is 14.6. The van der Waals surface area contributed by atoms with Gasteiger partial charge in [-0.1, -0.05) is 13.8 Å². The second-order valence-corrected chi connectivity index (χ2v) is 5.76. The Labute approximate surface area is 161 Å². The fourth-order valence-corrected chi connectivity index (χ4v) is 2.64. The van der Waals surface area contributed by atoms with Crippen molar-refractivity contribution in [2.75, 3.05) is 47.5 Å². The van der Waals surface area contributed by atoms with Gasteiger partial charge in [0.15, 0.2) is 11.5 Å². The van der Waals surface area contributed by atoms with Gasteiger partial charge in [-0.15, -0.1) is 0 Å². The molecule has 0 heterocycles. The molecular weight excluding hydrogens is 346 g/mol. The number of benzene rings is 1. The largest absolute Gasteiger partial charge is 0.493 e. The monoisotopic (exact) mass is 375 g/mol. The van der Waals surface area contributed by atoms with Gasteiger partial charge in [-0.05, 0) is 49.8 Å². The van der Waals surface area contributed by atoms with Crippen LogP contribution >= 0.6 is 0 Å². The van der Waals surface area contributed by atoms with Crippen LogP contribution in [0.2, 0.25) is 0 Å². The van der Waals surface area contributed by atoms with E-state index >= 15 is 0 Å². The van der Waals surface area contributed by atoms with E-state index in [1.54, 1.807) is 12.1 Å². The van der Waals surface area contributed by atoms with Crippen LogP contribution < -0.4 is 19.5 Å². The maximum atomic E-state index is 12.3. The molecule has 0 aliphatic carbocycles. The van der Waals surface area contributed by atoms with Gasteiger partial charge >= 0.3 is 0 Å². The van der Waals surface area contributed by atoms with Crippen LogP contribution in [0.4, 0.5) is 0 Å². The molecule has 1 rings (SSSR count). The molecule has 0 aliphatic rings. The molecule has 0 saturated heterocycles. The zero-order valence-electron chi connectivity index (χ0n) is 16.8. The van der Waals surface area contributed by atoms with Crippen LogP contribution in [0.25, 0.3) is 6.08 Å². The summed E-state index contributed by atoms with van der Waals surface area (Å²) in [5, 5.41) is 12.2. The molecule has 0 aliphatic heterocycles. The van der Waals surface area contributed by atoms with E-state index in [2.05, 4.69) is 24.1 Å². The summed E-state index contributed by atoms with van der Waals surface area (Å²) >= 11 is 0. The minimum atomic E-state index is -0.397. The normalized spacial score (nSPS) is 11.1. The molecule has 0 fully saturated rings. The molecule has 0 atom stereocenters. The smallest absolute Gasteiger partial charge is 0.261 e. The molecule has 27 heavy (non-hydrogen) atoms. The highest BCUT2D eigenvalue weighted by atomic mass is 16.5. The highest BCUT2D eigenvalue weighted by Gasteiger charge is 2.14. The average Bonchev–Trinajstić information content (AvgIpc) is 2.70. The molecular formula is C20H29N3O4. The van der Waals surface area contributed by atoms with Crippen LogP contribution in [0.5, 0.6) is 17.2 Å². The Bertz CT molecular complexity index is 666. The summed E-state index contributed by atoms with van der Waals surface area (Å²) in [5.41, 5.74) is 0.631. The van der Waals surface area contributed by atoms with Crippen LogP contribution in [0.1, 0.15) is 25.8 Å². The number of nitriles is 1. The Kier molecular flexibility index (Phi) is 9.76. The lowest BCUT2D eigenvalue weighted by atomic mass is 10.1. The van der Waals surface area contributed by atoms with Gasteiger partial charge < -0.3 is 24.4 Å². The van der Waals surface area contributed by atoms with Crippen molar-refractivity contribution in [2.45, 2.75) is 20.3 Å². The Balaban J connectivity index is 2.87. The van der Waals surface area contributed by atoms with Gasteiger partial charge in [-0.25, -0.2) is 0 Å². The van der Waals surface area contributed by atoms with E-state index in [-0.39, 0.29) is 5.57 Å². The Morgan fingerprint density at radius 1 is 1.15 bits per heavy atom. The van der Waals surface area contributed by atoms with Crippen LogP contribution in [0.3, 0.4) is 0 Å². The van der Waals surface area contributed by atoms with Gasteiger partial charge in [0.1, 0.15) is 11.6 Å². The molecule has 0 aromatic heterocycles. The second-order valence-electron chi connectivity index (χ2n) is 5.76. The molecule has 7 nitrogen and oxygen atoms in total. The average molecular weight is 375 g/mol. The minimum Gasteiger partial charge on any atom is -0.493 e. The standard InChI is InChI=1S/C20H29N3O4/c1-6-23(7-2)10-8-9-22-20(24)16(14-21)11-15-12-17(25-3)19(27-5)18(13-15)26-4/h11-13H,6-10H2,1-5H3,(H,22,24)/b16-11-. The predicted octanol–water partition coefficient (Wildman–Crippen LogP) is 2.47. The lowest BCUT2D eigenvalue weighted by Crippen LogP contribution is -2.30. The fourth-order valence-electron chi connectivity index (χ4n) is 2.64. The van der Waals surface area contributed by atoms with Crippen LogP contribution in [0.15, 0.2) is 17.7 Å². The second kappa shape index (κ2) is 11.8. The summed E-state index contributed by atoms with van der Waals surface area (Å²) in [5.74, 6) is 0.974. The molecule has 1 aromatic carbocycles. The van der Waals surface area contributed by atoms with Crippen molar-refractivity contribution in [3.63, 3.8) is 0 Å². The Hall–Kier alpha value is -2.72. The van der Waals surface area contributed by atoms with Gasteiger partial charge in [0.05, 0.1) is 21.3 Å². The highest BCUT2D eigenvalue weighted by molar-refractivity contribution is 6.01. The van der Waals surface area contributed by atoms with E-state index in [0.29, 0.717) is 29.4 Å². The van der Waals surface area contributed by atoms with E-state index < -0.39 is 5.91 Å². The summed E-state index contributed by atoms with van der Waals surface area (Å²) in [6.45, 7) is 7.60. The maximum absolute atomic E-state index is 12.3. The van der Waals surface area contributed by atoms with E-state index in [1.165, 1.54) is 27.4 Å². The number of methoxy groups -OCH3 is 3. The molecule has 0 radical (unpaired) electrons. The van der Waals surface area contributed by atoms with E-state index in [0.717, 1.165) is 26.1 Å². The summed E-state index contributed by atoms with van der Waals surface area (Å²) in [6, 6.07) is 5.33. The number of ether oxygens (including phenoxy) is 3. The molecule has 148 valence electrons. The predicted molar refractivity (Wildman–Crippen MR) is 105 cm³/mol. The van der Waals surface area contributed by atoms with Crippen LogP contribution in [0, 0.1) is 11.3 Å². The van der Waals surface area contributed by atoms with Crippen molar-refractivity contribution in [2.24, 2.45) is 0 Å². The van der Waals surface area contributed by atoms with Crippen LogP contribution in [-0.4, -0.2) is 58.3 Å². The number of hydrogen-bond donors (Lipinski definition) is 1. The summed E-state index contributed by atoms with van der Waals surface area (Å²) in [7, 11) is 4.54. The number of carbonyl (C=O) groups is 1. The molecule has 0 spiro atoms. The van der Waals surface area contributed by atoms with Crippen molar-refractivity contribution in [3.8, 4) is 23.3 Å². The molecule has 0 saturated carbocycles. The molecule has 1 amide bonds. The number of amides is 1. The van der Waals surface area contributed by atoms with Gasteiger partial charge in [-0.2, -0.15) is 5.26 Å². The van der Waals surface area contributed by atoms with Gasteiger partial charge in [0.25, 0.3) is 5.91 Å². The van der Waals surface area contributed by atoms with Crippen molar-refractivity contribution in [1.82, 2.24) is 10.2 Å². The third kappa shape index (κ3) is 6.50. The number of hydrogen-bond acceptors (Lipinski definition) is 6. The maximum Gasteiger partial charge on any atom is 0.261 e. The van der Waals surface area contributed by atoms with E-state index in [1.807, 2.05) is 6.07 Å². The first kappa shape index (κ1) is 22.3. The molecule has 0 bridgehead atoms. The third-order valence-corrected chi connectivity index (χ3v) is 4.19. The number of rotatable bonds is 11. The number of nitrogens with zero attached hydrogens (tertiary/aromatic N) is 2. The first-order valence-corrected chi connectivity index (χ1v) is 8.96. The van der Waals surface area contributed by atoms with Crippen molar-refractivity contribution in [1.29, 1.82) is 5.26 Å². The lowest BCUT2D eigenvalue weighted by Gasteiger charge is -2.17. The Morgan fingerprint density at radius 2 is 1.74 bits per heavy atom. The molecule has 1 aromatic rings. The highest BCUT2D eigenvalue weighted by Crippen LogP contribution is 2.38. The SMILES string of the molecule is CCN(CC)CCCNC(=O)/C(C#N)=C\c1cc(OC)c(OC)c(OC)c1. The fraction of sp³-hybridized carbons (Fsp3) is 0.500. The third-order valence-electron chi connectivity index (χ3n) is 4.19. The van der Waals surface area contributed by atoms with Crippen LogP contribution in [-0.2, 0) is 4.79 Å².